The van der Waals surface area contributed by atoms with Crippen molar-refractivity contribution in [2.75, 3.05) is 18.4 Å². The van der Waals surface area contributed by atoms with Gasteiger partial charge in [-0.3, -0.25) is 9.20 Å². The van der Waals surface area contributed by atoms with Gasteiger partial charge in [-0.2, -0.15) is 0 Å². The quantitative estimate of drug-likeness (QED) is 0.741. The first-order valence-electron chi connectivity index (χ1n) is 8.34. The summed E-state index contributed by atoms with van der Waals surface area (Å²) in [6.07, 6.45) is 9.32. The molecule has 130 valence electrons. The number of hydrogen-bond donors (Lipinski definition) is 1. The third-order valence-electron chi connectivity index (χ3n) is 4.75. The van der Waals surface area contributed by atoms with Gasteiger partial charge in [0.2, 0.25) is 11.6 Å². The molecule has 0 aliphatic carbocycles. The molecule has 0 saturated carbocycles. The number of rotatable bonds is 5. The van der Waals surface area contributed by atoms with E-state index in [0.717, 1.165) is 5.82 Å². The van der Waals surface area contributed by atoms with Crippen molar-refractivity contribution >= 4 is 17.4 Å². The Morgan fingerprint density at radius 2 is 2.12 bits per heavy atom. The lowest BCUT2D eigenvalue weighted by Crippen LogP contribution is -2.32. The van der Waals surface area contributed by atoms with Gasteiger partial charge in [-0.05, 0) is 6.92 Å². The molecule has 1 aliphatic heterocycles. The van der Waals surface area contributed by atoms with Crippen molar-refractivity contribution in [3.63, 3.8) is 0 Å². The Balaban J connectivity index is 1.59. The Bertz CT molecular complexity index is 900. The molecule has 4 rings (SSSR count). The van der Waals surface area contributed by atoms with Crippen molar-refractivity contribution in [3.8, 4) is 0 Å². The number of nitrogens with zero attached hydrogens (tertiary/aromatic N) is 7. The average molecular weight is 340 g/mol. The van der Waals surface area contributed by atoms with Gasteiger partial charge in [-0.1, -0.05) is 0 Å². The van der Waals surface area contributed by atoms with Crippen LogP contribution in [0.4, 0.5) is 5.82 Å². The lowest BCUT2D eigenvalue weighted by Gasteiger charge is -2.27. The number of nitrogens with one attached hydrogen (secondary N) is 1. The van der Waals surface area contributed by atoms with Gasteiger partial charge in [-0.25, -0.2) is 9.97 Å². The van der Waals surface area contributed by atoms with Crippen LogP contribution < -0.4 is 5.32 Å². The summed E-state index contributed by atoms with van der Waals surface area (Å²) in [5.41, 5.74) is 0.674. The fourth-order valence-electron chi connectivity index (χ4n) is 3.54. The summed E-state index contributed by atoms with van der Waals surface area (Å²) in [6.45, 7) is 3.28. The Hall–Kier alpha value is -2.97. The zero-order valence-corrected chi connectivity index (χ0v) is 14.2. The zero-order valence-electron chi connectivity index (χ0n) is 14.2. The molecule has 1 amide bonds. The first-order valence-corrected chi connectivity index (χ1v) is 8.34. The van der Waals surface area contributed by atoms with Crippen LogP contribution in [0.5, 0.6) is 0 Å². The maximum Gasteiger partial charge on any atom is 0.223 e. The highest BCUT2D eigenvalue weighted by Crippen LogP contribution is 2.37. The summed E-state index contributed by atoms with van der Waals surface area (Å²) in [7, 11) is 1.96. The van der Waals surface area contributed by atoms with Gasteiger partial charge in [0.25, 0.3) is 0 Å². The monoisotopic (exact) mass is 340 g/mol. The minimum absolute atomic E-state index is 0.0393. The molecule has 0 radical (unpaired) electrons. The molecule has 3 aromatic rings. The molecule has 2 atom stereocenters. The van der Waals surface area contributed by atoms with E-state index in [4.69, 9.17) is 0 Å². The third kappa shape index (κ3) is 2.61. The van der Waals surface area contributed by atoms with Crippen LogP contribution in [0.3, 0.4) is 0 Å². The van der Waals surface area contributed by atoms with E-state index in [1.54, 1.807) is 24.9 Å². The molecular weight excluding hydrogens is 320 g/mol. The van der Waals surface area contributed by atoms with E-state index >= 15 is 0 Å². The second-order valence-corrected chi connectivity index (χ2v) is 6.20. The van der Waals surface area contributed by atoms with E-state index < -0.39 is 0 Å². The average Bonchev–Trinajstić information content (AvgIpc) is 3.31. The number of carbonyl (C=O) groups excluding carboxylic acids is 1. The number of anilines is 1. The standard InChI is InChI=1S/C16H20N8O/c1-3-24-12(25)8-11(13(24)15-18-4-6-22(15)2)9-19-14-16-21-20-10-23(16)7-5-17-14/h4-7,10-11,13H,3,8-9H2,1-2H3,(H,17,19)/t11-,13+/m0/s1. The normalized spacial score (nSPS) is 20.6. The van der Waals surface area contributed by atoms with Gasteiger partial charge in [0, 0.05) is 57.3 Å². The molecule has 0 aromatic carbocycles. The fraction of sp³-hybridized carbons (Fsp3) is 0.438. The van der Waals surface area contributed by atoms with Gasteiger partial charge in [0.15, 0.2) is 5.82 Å². The first-order chi connectivity index (χ1) is 12.2. The summed E-state index contributed by atoms with van der Waals surface area (Å²) >= 11 is 0. The van der Waals surface area contributed by atoms with Gasteiger partial charge in [0.1, 0.15) is 12.2 Å². The molecule has 9 nitrogen and oxygen atoms in total. The molecule has 3 aromatic heterocycles. The number of carbonyl (C=O) groups is 1. The van der Waals surface area contributed by atoms with E-state index in [9.17, 15) is 4.79 Å². The van der Waals surface area contributed by atoms with Crippen molar-refractivity contribution in [1.82, 2.24) is 34.0 Å². The number of fused-ring (bicyclic) bond motifs is 1. The molecule has 0 bridgehead atoms. The molecule has 0 unspecified atom stereocenters. The topological polar surface area (TPSA) is 93.2 Å². The van der Waals surface area contributed by atoms with Gasteiger partial charge < -0.3 is 14.8 Å². The number of imidazole rings is 1. The molecule has 9 heteroatoms. The predicted octanol–water partition coefficient (Wildman–Crippen LogP) is 0.879. The Labute approximate surface area is 144 Å². The maximum absolute atomic E-state index is 12.4. The highest BCUT2D eigenvalue weighted by Gasteiger charge is 2.41. The lowest BCUT2D eigenvalue weighted by atomic mass is 9.99. The maximum atomic E-state index is 12.4. The number of aryl methyl sites for hydroxylation is 1. The summed E-state index contributed by atoms with van der Waals surface area (Å²) in [5.74, 6) is 1.85. The minimum atomic E-state index is -0.0393. The van der Waals surface area contributed by atoms with E-state index in [-0.39, 0.29) is 17.9 Å². The van der Waals surface area contributed by atoms with Crippen LogP contribution in [-0.4, -0.2) is 53.0 Å². The van der Waals surface area contributed by atoms with Crippen LogP contribution in [0.2, 0.25) is 0 Å². The van der Waals surface area contributed by atoms with Crippen LogP contribution in [0.25, 0.3) is 5.65 Å². The molecule has 1 fully saturated rings. The minimum Gasteiger partial charge on any atom is -0.367 e. The lowest BCUT2D eigenvalue weighted by molar-refractivity contribution is -0.128. The van der Waals surface area contributed by atoms with Crippen LogP contribution in [-0.2, 0) is 11.8 Å². The summed E-state index contributed by atoms with van der Waals surface area (Å²) in [6, 6.07) is -0.0393. The highest BCUT2D eigenvalue weighted by atomic mass is 16.2. The Morgan fingerprint density at radius 1 is 1.28 bits per heavy atom. The SMILES string of the molecule is CCN1C(=O)C[C@@H](CNc2nccn3cnnc23)[C@@H]1c1nccn1C. The molecule has 0 spiro atoms. The second kappa shape index (κ2) is 6.15. The Morgan fingerprint density at radius 3 is 2.88 bits per heavy atom. The highest BCUT2D eigenvalue weighted by molar-refractivity contribution is 5.79. The van der Waals surface area contributed by atoms with E-state index in [2.05, 4.69) is 25.5 Å². The zero-order chi connectivity index (χ0) is 17.4. The fourth-order valence-corrected chi connectivity index (χ4v) is 3.54. The van der Waals surface area contributed by atoms with Crippen molar-refractivity contribution < 1.29 is 4.79 Å². The smallest absolute Gasteiger partial charge is 0.223 e. The molecule has 25 heavy (non-hydrogen) atoms. The summed E-state index contributed by atoms with van der Waals surface area (Å²) in [4.78, 5) is 23.2. The van der Waals surface area contributed by atoms with Crippen molar-refractivity contribution in [2.45, 2.75) is 19.4 Å². The van der Waals surface area contributed by atoms with E-state index in [1.165, 1.54) is 0 Å². The van der Waals surface area contributed by atoms with Gasteiger partial charge in [0.05, 0.1) is 6.04 Å². The number of likely N-dealkylation sites (tertiary alicyclic amines) is 1. The van der Waals surface area contributed by atoms with Crippen molar-refractivity contribution in [3.05, 3.63) is 36.9 Å². The predicted molar refractivity (Wildman–Crippen MR) is 90.7 cm³/mol. The summed E-state index contributed by atoms with van der Waals surface area (Å²) < 4.78 is 3.79. The van der Waals surface area contributed by atoms with E-state index in [1.807, 2.05) is 34.0 Å². The van der Waals surface area contributed by atoms with Gasteiger partial charge in [-0.15, -0.1) is 10.2 Å². The van der Waals surface area contributed by atoms with Crippen LogP contribution in [0, 0.1) is 5.92 Å². The molecular formula is C16H20N8O. The second-order valence-electron chi connectivity index (χ2n) is 6.20. The number of hydrogen-bond acceptors (Lipinski definition) is 6. The van der Waals surface area contributed by atoms with Crippen molar-refractivity contribution in [1.29, 1.82) is 0 Å². The van der Waals surface area contributed by atoms with Crippen LogP contribution >= 0.6 is 0 Å². The van der Waals surface area contributed by atoms with Crippen molar-refractivity contribution in [2.24, 2.45) is 13.0 Å². The first kappa shape index (κ1) is 15.6. The van der Waals surface area contributed by atoms with E-state index in [0.29, 0.717) is 31.0 Å². The third-order valence-corrected chi connectivity index (χ3v) is 4.75. The number of aromatic nitrogens is 6. The summed E-state index contributed by atoms with van der Waals surface area (Å²) in [5, 5.41) is 11.3. The molecule has 1 aliphatic rings. The number of amides is 1. The Kier molecular flexibility index (Phi) is 3.83. The molecule has 1 saturated heterocycles. The molecule has 4 heterocycles. The van der Waals surface area contributed by atoms with Gasteiger partial charge >= 0.3 is 0 Å². The largest absolute Gasteiger partial charge is 0.367 e. The van der Waals surface area contributed by atoms with Crippen LogP contribution in [0.1, 0.15) is 25.2 Å². The van der Waals surface area contributed by atoms with Crippen LogP contribution in [0.15, 0.2) is 31.1 Å². The molecule has 1 N–H and O–H groups in total.